The summed E-state index contributed by atoms with van der Waals surface area (Å²) in [5.41, 5.74) is 0. The minimum Gasteiger partial charge on any atom is -0.466 e. The molecule has 4 heteroatoms. The molecule has 0 aliphatic rings. The van der Waals surface area contributed by atoms with Crippen molar-refractivity contribution in [2.24, 2.45) is 5.92 Å². The predicted octanol–water partition coefficient (Wildman–Crippen LogP) is 6.21. The number of hydrogen-bond donors (Lipinski definition) is 0. The lowest BCUT2D eigenvalue weighted by Gasteiger charge is -2.19. The molecule has 26 heavy (non-hydrogen) atoms. The number of esters is 2. The van der Waals surface area contributed by atoms with Gasteiger partial charge in [-0.15, -0.1) is 0 Å². The van der Waals surface area contributed by atoms with Crippen LogP contribution in [0, 0.1) is 5.92 Å². The van der Waals surface area contributed by atoms with Crippen molar-refractivity contribution in [2.75, 3.05) is 6.61 Å². The molecule has 0 aromatic carbocycles. The van der Waals surface area contributed by atoms with Crippen LogP contribution < -0.4 is 0 Å². The lowest BCUT2D eigenvalue weighted by atomic mass is 10.1. The average molecular weight is 371 g/mol. The van der Waals surface area contributed by atoms with E-state index in [9.17, 15) is 9.59 Å². The molecule has 154 valence electrons. The Morgan fingerprint density at radius 1 is 0.731 bits per heavy atom. The maximum absolute atomic E-state index is 11.8. The fourth-order valence-corrected chi connectivity index (χ4v) is 2.95. The molecule has 0 saturated heterocycles. The zero-order chi connectivity index (χ0) is 19.6. The Bertz CT molecular complexity index is 352. The Morgan fingerprint density at radius 2 is 1.27 bits per heavy atom. The smallest absolute Gasteiger partial charge is 0.306 e. The highest BCUT2D eigenvalue weighted by Gasteiger charge is 2.15. The van der Waals surface area contributed by atoms with Gasteiger partial charge in [-0.25, -0.2) is 0 Å². The SMILES string of the molecule is CCCCCCOC(=O)CCCCCCCCC(=O)OC(CC)C(C)C. The van der Waals surface area contributed by atoms with E-state index >= 15 is 0 Å². The Kier molecular flexibility index (Phi) is 16.7. The second kappa shape index (κ2) is 17.4. The number of hydrogen-bond acceptors (Lipinski definition) is 4. The van der Waals surface area contributed by atoms with Crippen LogP contribution in [0.25, 0.3) is 0 Å². The number of carbonyl (C=O) groups excluding carboxylic acids is 2. The van der Waals surface area contributed by atoms with Gasteiger partial charge in [-0.1, -0.05) is 72.6 Å². The molecule has 0 aliphatic heterocycles. The zero-order valence-electron chi connectivity index (χ0n) is 17.7. The first kappa shape index (κ1) is 24.9. The summed E-state index contributed by atoms with van der Waals surface area (Å²) in [5.74, 6) is 0.263. The van der Waals surface area contributed by atoms with Crippen LogP contribution in [-0.2, 0) is 19.1 Å². The molecule has 0 aliphatic carbocycles. The maximum atomic E-state index is 11.8. The standard InChI is InChI=1S/C22H42O4/c1-5-7-8-15-18-25-21(23)16-13-11-9-10-12-14-17-22(24)26-20(6-2)19(3)4/h19-20H,5-18H2,1-4H3. The van der Waals surface area contributed by atoms with Gasteiger partial charge in [-0.3, -0.25) is 9.59 Å². The highest BCUT2D eigenvalue weighted by atomic mass is 16.5. The number of rotatable bonds is 17. The second-order valence-electron chi connectivity index (χ2n) is 7.58. The lowest BCUT2D eigenvalue weighted by Crippen LogP contribution is -2.22. The van der Waals surface area contributed by atoms with Gasteiger partial charge in [0.2, 0.25) is 0 Å². The third kappa shape index (κ3) is 15.2. The van der Waals surface area contributed by atoms with Crippen molar-refractivity contribution in [3.8, 4) is 0 Å². The Labute approximate surface area is 161 Å². The van der Waals surface area contributed by atoms with Gasteiger partial charge in [0.25, 0.3) is 0 Å². The quantitative estimate of drug-likeness (QED) is 0.226. The lowest BCUT2D eigenvalue weighted by molar-refractivity contribution is -0.151. The highest BCUT2D eigenvalue weighted by molar-refractivity contribution is 5.69. The molecule has 0 heterocycles. The van der Waals surface area contributed by atoms with Crippen LogP contribution in [0.15, 0.2) is 0 Å². The molecule has 0 radical (unpaired) electrons. The first-order valence-corrected chi connectivity index (χ1v) is 10.9. The van der Waals surface area contributed by atoms with Crippen LogP contribution in [0.3, 0.4) is 0 Å². The Morgan fingerprint density at radius 3 is 1.81 bits per heavy atom. The molecule has 0 saturated carbocycles. The van der Waals surface area contributed by atoms with Crippen LogP contribution in [0.1, 0.15) is 111 Å². The van der Waals surface area contributed by atoms with Crippen molar-refractivity contribution in [2.45, 2.75) is 117 Å². The van der Waals surface area contributed by atoms with E-state index in [0.717, 1.165) is 57.8 Å². The van der Waals surface area contributed by atoms with Gasteiger partial charge < -0.3 is 9.47 Å². The molecule has 0 aromatic rings. The number of carbonyl (C=O) groups is 2. The maximum Gasteiger partial charge on any atom is 0.306 e. The number of unbranched alkanes of at least 4 members (excludes halogenated alkanes) is 8. The van der Waals surface area contributed by atoms with Gasteiger partial charge in [0.15, 0.2) is 0 Å². The monoisotopic (exact) mass is 370 g/mol. The van der Waals surface area contributed by atoms with E-state index in [4.69, 9.17) is 9.47 Å². The molecule has 1 unspecified atom stereocenters. The van der Waals surface area contributed by atoms with Gasteiger partial charge in [-0.05, 0) is 31.6 Å². The summed E-state index contributed by atoms with van der Waals surface area (Å²) in [6.07, 6.45) is 12.7. The van der Waals surface area contributed by atoms with E-state index in [2.05, 4.69) is 27.7 Å². The molecule has 0 bridgehead atoms. The van der Waals surface area contributed by atoms with Gasteiger partial charge >= 0.3 is 11.9 Å². The Balaban J connectivity index is 3.42. The van der Waals surface area contributed by atoms with Gasteiger partial charge in [0.1, 0.15) is 6.10 Å². The summed E-state index contributed by atoms with van der Waals surface area (Å²) < 4.78 is 10.7. The summed E-state index contributed by atoms with van der Waals surface area (Å²) in [5, 5.41) is 0. The zero-order valence-corrected chi connectivity index (χ0v) is 17.7. The third-order valence-electron chi connectivity index (χ3n) is 4.70. The fraction of sp³-hybridized carbons (Fsp3) is 0.909. The first-order chi connectivity index (χ1) is 12.5. The van der Waals surface area contributed by atoms with E-state index in [0.29, 0.717) is 25.4 Å². The van der Waals surface area contributed by atoms with Crippen LogP contribution in [-0.4, -0.2) is 24.6 Å². The van der Waals surface area contributed by atoms with Crippen LogP contribution in [0.5, 0.6) is 0 Å². The minimum absolute atomic E-state index is 0.0499. The van der Waals surface area contributed by atoms with Crippen molar-refractivity contribution in [3.63, 3.8) is 0 Å². The van der Waals surface area contributed by atoms with E-state index in [1.165, 1.54) is 12.8 Å². The summed E-state index contributed by atoms with van der Waals surface area (Å²) in [6, 6.07) is 0. The first-order valence-electron chi connectivity index (χ1n) is 10.9. The van der Waals surface area contributed by atoms with Crippen LogP contribution >= 0.6 is 0 Å². The summed E-state index contributed by atoms with van der Waals surface area (Å²) in [7, 11) is 0. The molecule has 0 rings (SSSR count). The van der Waals surface area contributed by atoms with Crippen molar-refractivity contribution in [1.82, 2.24) is 0 Å². The Hall–Kier alpha value is -1.06. The van der Waals surface area contributed by atoms with Crippen LogP contribution in [0.2, 0.25) is 0 Å². The van der Waals surface area contributed by atoms with Crippen molar-refractivity contribution < 1.29 is 19.1 Å². The predicted molar refractivity (Wildman–Crippen MR) is 107 cm³/mol. The van der Waals surface area contributed by atoms with Crippen LogP contribution in [0.4, 0.5) is 0 Å². The molecule has 1 atom stereocenters. The molecule has 0 aromatic heterocycles. The largest absolute Gasteiger partial charge is 0.466 e. The minimum atomic E-state index is -0.0627. The molecule has 4 nitrogen and oxygen atoms in total. The summed E-state index contributed by atoms with van der Waals surface area (Å²) in [6.45, 7) is 8.98. The van der Waals surface area contributed by atoms with E-state index in [1.54, 1.807) is 0 Å². The van der Waals surface area contributed by atoms with E-state index in [-0.39, 0.29) is 18.0 Å². The fourth-order valence-electron chi connectivity index (χ4n) is 2.95. The molecule has 0 spiro atoms. The summed E-state index contributed by atoms with van der Waals surface area (Å²) in [4.78, 5) is 23.4. The van der Waals surface area contributed by atoms with E-state index < -0.39 is 0 Å². The van der Waals surface area contributed by atoms with Crippen molar-refractivity contribution in [3.05, 3.63) is 0 Å². The van der Waals surface area contributed by atoms with Gasteiger partial charge in [0.05, 0.1) is 6.61 Å². The van der Waals surface area contributed by atoms with E-state index in [1.807, 2.05) is 0 Å². The van der Waals surface area contributed by atoms with Crippen molar-refractivity contribution in [1.29, 1.82) is 0 Å². The molecule has 0 fully saturated rings. The van der Waals surface area contributed by atoms with Gasteiger partial charge in [-0.2, -0.15) is 0 Å². The molecule has 0 N–H and O–H groups in total. The second-order valence-corrected chi connectivity index (χ2v) is 7.58. The normalized spacial score (nSPS) is 12.2. The third-order valence-corrected chi connectivity index (χ3v) is 4.70. The van der Waals surface area contributed by atoms with Crippen molar-refractivity contribution >= 4 is 11.9 Å². The summed E-state index contributed by atoms with van der Waals surface area (Å²) >= 11 is 0. The average Bonchev–Trinajstić information content (AvgIpc) is 2.61. The molecule has 0 amide bonds. The molecular formula is C22H42O4. The molecular weight excluding hydrogens is 328 g/mol. The van der Waals surface area contributed by atoms with Gasteiger partial charge in [0, 0.05) is 12.8 Å². The highest BCUT2D eigenvalue weighted by Crippen LogP contribution is 2.14. The topological polar surface area (TPSA) is 52.6 Å². The number of ether oxygens (including phenoxy) is 2.